The summed E-state index contributed by atoms with van der Waals surface area (Å²) < 4.78 is 32.7. The van der Waals surface area contributed by atoms with Crippen molar-refractivity contribution in [2.75, 3.05) is 5.32 Å². The van der Waals surface area contributed by atoms with Gasteiger partial charge in [-0.3, -0.25) is 9.78 Å². The second-order valence-electron chi connectivity index (χ2n) is 6.28. The molecule has 0 aliphatic heterocycles. The molecule has 0 radical (unpaired) electrons. The molecule has 4 aromatic rings. The molecule has 0 spiro atoms. The van der Waals surface area contributed by atoms with Crippen LogP contribution in [0.25, 0.3) is 22.6 Å². The van der Waals surface area contributed by atoms with E-state index in [1.807, 2.05) is 25.1 Å². The third-order valence-electron chi connectivity index (χ3n) is 4.38. The number of nitrogens with zero attached hydrogens (tertiary/aromatic N) is 3. The van der Waals surface area contributed by atoms with Crippen LogP contribution >= 0.6 is 0 Å². The summed E-state index contributed by atoms with van der Waals surface area (Å²) in [5, 5.41) is 10.1. The molecule has 29 heavy (non-hydrogen) atoms. The van der Waals surface area contributed by atoms with E-state index in [1.54, 1.807) is 24.3 Å². The van der Waals surface area contributed by atoms with E-state index >= 15 is 0 Å². The average molecular weight is 392 g/mol. The number of aryl methyl sites for hydroxylation is 1. The molecule has 1 amide bonds. The number of hydrogen-bond donors (Lipinski definition) is 1. The van der Waals surface area contributed by atoms with Crippen molar-refractivity contribution in [3.05, 3.63) is 84.0 Å². The maximum Gasteiger partial charge on any atom is 0.261 e. The van der Waals surface area contributed by atoms with E-state index in [2.05, 4.69) is 20.5 Å². The summed E-state index contributed by atoms with van der Waals surface area (Å²) in [4.78, 5) is 15.6. The van der Waals surface area contributed by atoms with Gasteiger partial charge in [-0.15, -0.1) is 10.2 Å². The number of pyridine rings is 1. The maximum absolute atomic E-state index is 13.7. The van der Waals surface area contributed by atoms with Gasteiger partial charge in [-0.05, 0) is 47.9 Å². The Kier molecular flexibility index (Phi) is 4.82. The predicted octanol–water partition coefficient (Wildman–Crippen LogP) is 4.64. The highest BCUT2D eigenvalue weighted by atomic mass is 19.1. The minimum atomic E-state index is -1.02. The molecule has 0 aliphatic rings. The van der Waals surface area contributed by atoms with E-state index in [1.165, 1.54) is 6.39 Å². The Labute approximate surface area is 164 Å². The molecule has 0 aliphatic carbocycles. The first kappa shape index (κ1) is 18.4. The molecule has 0 fully saturated rings. The van der Waals surface area contributed by atoms with Crippen molar-refractivity contribution in [3.63, 3.8) is 0 Å². The van der Waals surface area contributed by atoms with Crippen LogP contribution in [0, 0.1) is 18.6 Å². The highest BCUT2D eigenvalue weighted by Crippen LogP contribution is 2.29. The van der Waals surface area contributed by atoms with Crippen LogP contribution in [0.1, 0.15) is 15.9 Å². The molecule has 4 rings (SSSR count). The van der Waals surface area contributed by atoms with E-state index in [4.69, 9.17) is 4.42 Å². The topological polar surface area (TPSA) is 80.9 Å². The smallest absolute Gasteiger partial charge is 0.261 e. The van der Waals surface area contributed by atoms with Crippen LogP contribution in [0.3, 0.4) is 0 Å². The predicted molar refractivity (Wildman–Crippen MR) is 102 cm³/mol. The molecule has 2 aromatic carbocycles. The van der Waals surface area contributed by atoms with Crippen LogP contribution in [0.5, 0.6) is 0 Å². The highest BCUT2D eigenvalue weighted by Gasteiger charge is 2.18. The molecule has 144 valence electrons. The maximum atomic E-state index is 13.7. The zero-order chi connectivity index (χ0) is 20.4. The number of hydrogen-bond acceptors (Lipinski definition) is 5. The third kappa shape index (κ3) is 3.73. The van der Waals surface area contributed by atoms with Crippen molar-refractivity contribution < 1.29 is 18.0 Å². The lowest BCUT2D eigenvalue weighted by atomic mass is 9.98. The van der Waals surface area contributed by atoms with E-state index < -0.39 is 23.1 Å². The third-order valence-corrected chi connectivity index (χ3v) is 4.38. The molecular weight excluding hydrogens is 378 g/mol. The van der Waals surface area contributed by atoms with Gasteiger partial charge in [0.15, 0.2) is 11.6 Å². The second-order valence-corrected chi connectivity index (χ2v) is 6.28. The van der Waals surface area contributed by atoms with Crippen molar-refractivity contribution in [3.8, 4) is 22.6 Å². The first-order valence-corrected chi connectivity index (χ1v) is 8.61. The molecule has 0 saturated carbocycles. The summed E-state index contributed by atoms with van der Waals surface area (Å²) >= 11 is 0. The first-order chi connectivity index (χ1) is 14.0. The summed E-state index contributed by atoms with van der Waals surface area (Å²) in [6, 6.07) is 12.7. The van der Waals surface area contributed by atoms with Crippen LogP contribution in [-0.4, -0.2) is 21.1 Å². The molecule has 8 heteroatoms. The highest BCUT2D eigenvalue weighted by molar-refractivity contribution is 6.04. The van der Waals surface area contributed by atoms with Crippen LogP contribution in [0.2, 0.25) is 0 Å². The molecule has 1 N–H and O–H groups in total. The number of aromatic nitrogens is 3. The number of carbonyl (C=O) groups excluding carboxylic acids is 1. The van der Waals surface area contributed by atoms with Gasteiger partial charge in [-0.25, -0.2) is 8.78 Å². The zero-order valence-corrected chi connectivity index (χ0v) is 15.2. The van der Waals surface area contributed by atoms with E-state index in [0.717, 1.165) is 34.6 Å². The summed E-state index contributed by atoms with van der Waals surface area (Å²) in [5.74, 6) is -2.51. The summed E-state index contributed by atoms with van der Waals surface area (Å²) in [6.45, 7) is 1.97. The Morgan fingerprint density at radius 2 is 1.69 bits per heavy atom. The van der Waals surface area contributed by atoms with E-state index in [-0.39, 0.29) is 0 Å². The number of benzene rings is 2. The van der Waals surface area contributed by atoms with Gasteiger partial charge in [0, 0.05) is 11.3 Å². The van der Waals surface area contributed by atoms with Crippen molar-refractivity contribution in [2.45, 2.75) is 6.92 Å². The quantitative estimate of drug-likeness (QED) is 0.547. The van der Waals surface area contributed by atoms with Crippen LogP contribution < -0.4 is 5.32 Å². The fourth-order valence-electron chi connectivity index (χ4n) is 2.92. The molecule has 0 unspecified atom stereocenters. The fraction of sp³-hybridized carbons (Fsp3) is 0.0476. The number of nitrogens with one attached hydrogen (secondary N) is 1. The number of carbonyl (C=O) groups is 1. The molecule has 6 nitrogen and oxygen atoms in total. The number of anilines is 1. The van der Waals surface area contributed by atoms with Gasteiger partial charge in [0.05, 0.1) is 12.4 Å². The molecule has 2 heterocycles. The SMILES string of the molecule is Cc1ccc(-c2nnco2)cc1-c1ccc(NC(=O)c2c(F)cncc2F)cc1. The van der Waals surface area contributed by atoms with Gasteiger partial charge in [0.1, 0.15) is 5.56 Å². The molecule has 2 aromatic heterocycles. The largest absolute Gasteiger partial charge is 0.423 e. The number of halogens is 2. The number of amides is 1. The van der Waals surface area contributed by atoms with Crippen LogP contribution in [-0.2, 0) is 0 Å². The average Bonchev–Trinajstić information content (AvgIpc) is 3.24. The summed E-state index contributed by atoms with van der Waals surface area (Å²) in [5.41, 5.74) is 3.38. The van der Waals surface area contributed by atoms with Gasteiger partial charge in [0.2, 0.25) is 12.3 Å². The van der Waals surface area contributed by atoms with Gasteiger partial charge in [0.25, 0.3) is 5.91 Å². The Balaban J connectivity index is 1.59. The summed E-state index contributed by atoms with van der Waals surface area (Å²) in [7, 11) is 0. The molecule has 0 atom stereocenters. The van der Waals surface area contributed by atoms with Crippen molar-refractivity contribution in [1.29, 1.82) is 0 Å². The summed E-state index contributed by atoms with van der Waals surface area (Å²) in [6.07, 6.45) is 2.85. The lowest BCUT2D eigenvalue weighted by molar-refractivity contribution is 0.101. The normalized spacial score (nSPS) is 10.7. The second kappa shape index (κ2) is 7.59. The van der Waals surface area contributed by atoms with Gasteiger partial charge in [-0.2, -0.15) is 0 Å². The first-order valence-electron chi connectivity index (χ1n) is 8.61. The van der Waals surface area contributed by atoms with Crippen LogP contribution in [0.4, 0.5) is 14.5 Å². The molecule has 0 bridgehead atoms. The van der Waals surface area contributed by atoms with Crippen molar-refractivity contribution in [1.82, 2.24) is 15.2 Å². The molecule has 0 saturated heterocycles. The van der Waals surface area contributed by atoms with E-state index in [0.29, 0.717) is 11.6 Å². The van der Waals surface area contributed by atoms with Gasteiger partial charge >= 0.3 is 0 Å². The minimum Gasteiger partial charge on any atom is -0.423 e. The Hall–Kier alpha value is -3.94. The van der Waals surface area contributed by atoms with Crippen molar-refractivity contribution in [2.24, 2.45) is 0 Å². The van der Waals surface area contributed by atoms with E-state index in [9.17, 15) is 13.6 Å². The minimum absolute atomic E-state index is 0.403. The number of rotatable bonds is 4. The Bertz CT molecular complexity index is 1160. The van der Waals surface area contributed by atoms with Crippen LogP contribution in [0.15, 0.2) is 65.7 Å². The molecular formula is C21H14F2N4O2. The standard InChI is InChI=1S/C21H14F2N4O2/c1-12-2-3-14(21-27-25-11-29-21)8-16(12)13-4-6-15(7-5-13)26-20(28)19-17(22)9-24-10-18(19)23/h2-11H,1H3,(H,26,28). The van der Waals surface area contributed by atoms with Gasteiger partial charge in [-0.1, -0.05) is 18.2 Å². The Morgan fingerprint density at radius 1 is 1.00 bits per heavy atom. The van der Waals surface area contributed by atoms with Crippen molar-refractivity contribution >= 4 is 11.6 Å². The zero-order valence-electron chi connectivity index (χ0n) is 15.2. The van der Waals surface area contributed by atoms with Gasteiger partial charge < -0.3 is 9.73 Å². The Morgan fingerprint density at radius 3 is 2.34 bits per heavy atom. The lowest BCUT2D eigenvalue weighted by Gasteiger charge is -2.10. The fourth-order valence-corrected chi connectivity index (χ4v) is 2.92. The lowest BCUT2D eigenvalue weighted by Crippen LogP contribution is -2.16. The monoisotopic (exact) mass is 392 g/mol.